The van der Waals surface area contributed by atoms with Crippen molar-refractivity contribution in [3.63, 3.8) is 0 Å². The predicted molar refractivity (Wildman–Crippen MR) is 228 cm³/mol. The largest absolute Gasteiger partial charge is 0.481 e. The van der Waals surface area contributed by atoms with E-state index in [2.05, 4.69) is 69.3 Å². The molecule has 1 aliphatic heterocycles. The number of aliphatic hydroxyl groups excluding tert-OH is 1. The van der Waals surface area contributed by atoms with Gasteiger partial charge >= 0.3 is 11.9 Å². The van der Waals surface area contributed by atoms with Gasteiger partial charge in [-0.2, -0.15) is 0 Å². The van der Waals surface area contributed by atoms with Crippen LogP contribution in [-0.4, -0.2) is 101 Å². The number of aliphatic carboxylic acids is 1. The topological polar surface area (TPSA) is 130 Å². The van der Waals surface area contributed by atoms with E-state index in [-0.39, 0.29) is 51.8 Å². The summed E-state index contributed by atoms with van der Waals surface area (Å²) in [5, 5.41) is 22.5. The Hall–Kier alpha value is -2.66. The van der Waals surface area contributed by atoms with Gasteiger partial charge in [0.2, 0.25) is 0 Å². The van der Waals surface area contributed by atoms with Gasteiger partial charge in [-0.25, -0.2) is 0 Å². The summed E-state index contributed by atoms with van der Waals surface area (Å²) in [4.78, 5) is 48.9. The van der Waals surface area contributed by atoms with Gasteiger partial charge < -0.3 is 19.7 Å². The van der Waals surface area contributed by atoms with Crippen LogP contribution in [0.2, 0.25) is 0 Å². The summed E-state index contributed by atoms with van der Waals surface area (Å²) in [6.45, 7) is 26.0. The van der Waals surface area contributed by atoms with E-state index >= 15 is 0 Å². The number of carbonyl (C=O) groups excluding carboxylic acids is 2. The minimum atomic E-state index is -1.17. The Morgan fingerprint density at radius 3 is 2.37 bits per heavy atom. The van der Waals surface area contributed by atoms with Crippen molar-refractivity contribution in [1.29, 1.82) is 0 Å². The lowest BCUT2D eigenvalue weighted by Crippen LogP contribution is -2.66. The highest BCUT2D eigenvalue weighted by Crippen LogP contribution is 2.77. The molecule has 2 N–H and O–H groups in total. The molecule has 10 nitrogen and oxygen atoms in total. The minimum Gasteiger partial charge on any atom is -0.481 e. The molecular weight excluding hydrogens is 743 g/mol. The number of hydrogen-bond donors (Lipinski definition) is 2. The van der Waals surface area contributed by atoms with Gasteiger partial charge in [0, 0.05) is 62.7 Å². The van der Waals surface area contributed by atoms with Crippen LogP contribution >= 0.6 is 0 Å². The van der Waals surface area contributed by atoms with Gasteiger partial charge in [0.1, 0.15) is 6.10 Å². The molecule has 4 saturated carbocycles. The maximum Gasteiger partial charge on any atom is 0.309 e. The van der Waals surface area contributed by atoms with Gasteiger partial charge in [-0.3, -0.25) is 29.2 Å². The number of hydrogen-bond acceptors (Lipinski definition) is 9. The molecule has 5 fully saturated rings. The van der Waals surface area contributed by atoms with Crippen LogP contribution < -0.4 is 0 Å². The number of aliphatic hydroxyl groups is 1. The fourth-order valence-electron chi connectivity index (χ4n) is 14.4. The van der Waals surface area contributed by atoms with Crippen molar-refractivity contribution in [3.05, 3.63) is 41.2 Å². The minimum absolute atomic E-state index is 0.0347. The molecule has 0 aromatic carbocycles. The lowest BCUT2D eigenvalue weighted by atomic mass is 9.33. The van der Waals surface area contributed by atoms with Crippen LogP contribution in [0.1, 0.15) is 132 Å². The van der Waals surface area contributed by atoms with Gasteiger partial charge in [0.15, 0.2) is 5.78 Å². The molecule has 1 saturated heterocycles. The molecule has 1 aromatic heterocycles. The van der Waals surface area contributed by atoms with Crippen molar-refractivity contribution in [2.75, 3.05) is 45.9 Å². The first-order chi connectivity index (χ1) is 27.7. The van der Waals surface area contributed by atoms with Crippen LogP contribution in [0.5, 0.6) is 0 Å². The molecule has 0 radical (unpaired) electrons. The van der Waals surface area contributed by atoms with E-state index in [9.17, 15) is 24.6 Å². The molecule has 59 heavy (non-hydrogen) atoms. The molecule has 0 bridgehead atoms. The SMILES string of the molecule is CC(C)C1=C2[C@H]3CC[C@@H]4[C@@]5(C)CC[C@H](OC(=O)CC(C)(C)C(=O)O)C(C)(C)[C@H]5CC[C@@]4(C)[C@]3(C)CC[C@@]2([C@@H](O)CN(CCN2CCOCC2)Cc2ccccn2)CC1=O. The van der Waals surface area contributed by atoms with Crippen LogP contribution in [0.3, 0.4) is 0 Å². The second kappa shape index (κ2) is 16.2. The van der Waals surface area contributed by atoms with Crippen LogP contribution in [-0.2, 0) is 30.4 Å². The van der Waals surface area contributed by atoms with Crippen LogP contribution in [0.15, 0.2) is 35.5 Å². The smallest absolute Gasteiger partial charge is 0.309 e. The normalized spacial score (nSPS) is 36.4. The fraction of sp³-hybridized carbons (Fsp3) is 0.796. The number of allylic oxidation sites excluding steroid dienone is 1. The van der Waals surface area contributed by atoms with Crippen LogP contribution in [0.4, 0.5) is 0 Å². The van der Waals surface area contributed by atoms with Gasteiger partial charge in [-0.1, -0.05) is 60.1 Å². The highest BCUT2D eigenvalue weighted by molar-refractivity contribution is 6.00. The number of esters is 1. The number of carbonyl (C=O) groups is 3. The van der Waals surface area contributed by atoms with E-state index in [1.807, 2.05) is 18.3 Å². The lowest BCUT2D eigenvalue weighted by Gasteiger charge is -2.72. The highest BCUT2D eigenvalue weighted by Gasteiger charge is 2.71. The van der Waals surface area contributed by atoms with Gasteiger partial charge in [-0.05, 0) is 123 Å². The Morgan fingerprint density at radius 2 is 1.71 bits per heavy atom. The summed E-state index contributed by atoms with van der Waals surface area (Å²) >= 11 is 0. The number of nitrogens with zero attached hydrogens (tertiary/aromatic N) is 3. The van der Waals surface area contributed by atoms with E-state index in [1.54, 1.807) is 13.8 Å². The Morgan fingerprint density at radius 1 is 0.983 bits per heavy atom. The third-order valence-corrected chi connectivity index (χ3v) is 17.9. The summed E-state index contributed by atoms with van der Waals surface area (Å²) in [5.41, 5.74) is 1.35. The summed E-state index contributed by atoms with van der Waals surface area (Å²) in [7, 11) is 0. The molecule has 10 heteroatoms. The zero-order valence-electron chi connectivity index (χ0n) is 37.8. The Balaban J connectivity index is 1.15. The first-order valence-corrected chi connectivity index (χ1v) is 23.0. The number of morpholine rings is 1. The van der Waals surface area contributed by atoms with Crippen molar-refractivity contribution in [3.8, 4) is 0 Å². The summed E-state index contributed by atoms with van der Waals surface area (Å²) in [6, 6.07) is 6.04. The number of carboxylic acid groups (broad SMARTS) is 1. The third kappa shape index (κ3) is 7.66. The standard InChI is InChI=1S/C49H75N3O7/c1-32(2)41-35(53)28-49(38(54)31-52(30-33-12-10-11-21-50-33)23-22-51-24-26-58-27-25-51)20-19-47(8)34(42(41)49)13-14-37-46(7)17-16-39(59-40(55)29-44(3,4)43(56)57)45(5,6)36(46)15-18-48(37,47)9/h10-12,21,32,34,36-39,54H,13-20,22-31H2,1-9H3,(H,56,57)/t34-,36-,37-,38+,39+,46+,47-,48-,49+/m1/s1. The van der Waals surface area contributed by atoms with E-state index < -0.39 is 28.9 Å². The lowest BCUT2D eigenvalue weighted by molar-refractivity contribution is -0.235. The second-order valence-corrected chi connectivity index (χ2v) is 22.1. The zero-order chi connectivity index (χ0) is 42.8. The number of ether oxygens (including phenoxy) is 2. The molecule has 6 aliphatic rings. The Bertz CT molecular complexity index is 1770. The number of ketones is 1. The van der Waals surface area contributed by atoms with Crippen LogP contribution in [0.25, 0.3) is 0 Å². The molecule has 328 valence electrons. The summed E-state index contributed by atoms with van der Waals surface area (Å²) in [6.07, 6.45) is 8.96. The molecule has 0 unspecified atom stereocenters. The number of carboxylic acids is 1. The molecule has 1 aromatic rings. The first-order valence-electron chi connectivity index (χ1n) is 23.0. The molecule has 5 aliphatic carbocycles. The van der Waals surface area contributed by atoms with E-state index in [0.29, 0.717) is 31.3 Å². The molecular formula is C49H75N3O7. The fourth-order valence-corrected chi connectivity index (χ4v) is 14.4. The van der Waals surface area contributed by atoms with Crippen molar-refractivity contribution < 1.29 is 34.1 Å². The second-order valence-electron chi connectivity index (χ2n) is 22.1. The number of pyridine rings is 1. The highest BCUT2D eigenvalue weighted by atomic mass is 16.5. The number of Topliss-reactive ketones (excluding diaryl/α,β-unsaturated/α-hetero) is 1. The number of aromatic nitrogens is 1. The monoisotopic (exact) mass is 818 g/mol. The molecule has 9 atom stereocenters. The maximum atomic E-state index is 14.4. The molecule has 0 amide bonds. The van der Waals surface area contributed by atoms with E-state index in [1.165, 1.54) is 5.57 Å². The predicted octanol–water partition coefficient (Wildman–Crippen LogP) is 7.97. The first kappa shape index (κ1) is 44.4. The molecule has 2 heterocycles. The molecule has 0 spiro atoms. The maximum absolute atomic E-state index is 14.4. The summed E-state index contributed by atoms with van der Waals surface area (Å²) < 4.78 is 11.8. The molecule has 7 rings (SSSR count). The number of fused-ring (bicyclic) bond motifs is 7. The zero-order valence-corrected chi connectivity index (χ0v) is 37.8. The van der Waals surface area contributed by atoms with Crippen molar-refractivity contribution in [1.82, 2.24) is 14.8 Å². The van der Waals surface area contributed by atoms with Crippen molar-refractivity contribution in [2.45, 2.75) is 145 Å². The van der Waals surface area contributed by atoms with Gasteiger partial charge in [0.05, 0.1) is 36.8 Å². The Labute approximate surface area is 354 Å². The number of rotatable bonds is 13. The van der Waals surface area contributed by atoms with E-state index in [4.69, 9.17) is 9.47 Å². The average Bonchev–Trinajstić information content (AvgIpc) is 3.49. The van der Waals surface area contributed by atoms with Gasteiger partial charge in [0.25, 0.3) is 0 Å². The van der Waals surface area contributed by atoms with E-state index in [0.717, 1.165) is 102 Å². The van der Waals surface area contributed by atoms with Crippen molar-refractivity contribution in [2.24, 2.45) is 56.2 Å². The average molecular weight is 818 g/mol. The quantitative estimate of drug-likeness (QED) is 0.189. The van der Waals surface area contributed by atoms with Crippen LogP contribution in [0, 0.1) is 56.2 Å². The Kier molecular flexibility index (Phi) is 12.2. The van der Waals surface area contributed by atoms with Gasteiger partial charge in [-0.15, -0.1) is 0 Å². The van der Waals surface area contributed by atoms with Crippen molar-refractivity contribution >= 4 is 17.7 Å². The third-order valence-electron chi connectivity index (χ3n) is 17.9. The summed E-state index contributed by atoms with van der Waals surface area (Å²) in [5.74, 6) is -0.00279.